The number of aliphatic carboxylic acids is 2. The van der Waals surface area contributed by atoms with Crippen molar-refractivity contribution >= 4 is 29.5 Å². The Morgan fingerprint density at radius 2 is 1.84 bits per heavy atom. The molecule has 8 heteroatoms. The second-order valence-corrected chi connectivity index (χ2v) is 5.82. The molecule has 3 N–H and O–H groups in total. The zero-order valence-electron chi connectivity index (χ0n) is 13.9. The van der Waals surface area contributed by atoms with Crippen molar-refractivity contribution in [3.05, 3.63) is 47.0 Å². The molecule has 0 saturated heterocycles. The van der Waals surface area contributed by atoms with Gasteiger partial charge in [0.25, 0.3) is 0 Å². The third-order valence-corrected chi connectivity index (χ3v) is 4.16. The third-order valence-electron chi connectivity index (χ3n) is 3.83. The van der Waals surface area contributed by atoms with Crippen LogP contribution in [0.3, 0.4) is 0 Å². The Balaban J connectivity index is 0.000000333. The van der Waals surface area contributed by atoms with Gasteiger partial charge in [-0.3, -0.25) is 4.79 Å². The van der Waals surface area contributed by atoms with E-state index < -0.39 is 17.4 Å². The van der Waals surface area contributed by atoms with Crippen molar-refractivity contribution in [3.8, 4) is 0 Å². The summed E-state index contributed by atoms with van der Waals surface area (Å²) >= 11 is 6.19. The lowest BCUT2D eigenvalue weighted by Crippen LogP contribution is -2.28. The minimum Gasteiger partial charge on any atom is -0.478 e. The van der Waals surface area contributed by atoms with Crippen LogP contribution in [0.25, 0.3) is 0 Å². The largest absolute Gasteiger partial charge is 0.478 e. The van der Waals surface area contributed by atoms with Crippen LogP contribution in [0.15, 0.2) is 36.4 Å². The first-order chi connectivity index (χ1) is 11.8. The molecular weight excluding hydrogens is 350 g/mol. The lowest BCUT2D eigenvalue weighted by molar-refractivity contribution is -0.144. The fraction of sp³-hybridized carbons (Fsp3) is 0.353. The molecule has 0 bridgehead atoms. The van der Waals surface area contributed by atoms with Crippen LogP contribution >= 0.6 is 11.6 Å². The Labute approximate surface area is 150 Å². The van der Waals surface area contributed by atoms with Gasteiger partial charge in [-0.05, 0) is 37.6 Å². The summed E-state index contributed by atoms with van der Waals surface area (Å²) in [6, 6.07) is 7.50. The normalized spacial score (nSPS) is 21.2. The molecule has 2 atom stereocenters. The smallest absolute Gasteiger partial charge is 0.328 e. The third kappa shape index (κ3) is 5.30. The lowest BCUT2D eigenvalue weighted by Gasteiger charge is -2.16. The van der Waals surface area contributed by atoms with Gasteiger partial charge in [0, 0.05) is 17.2 Å². The van der Waals surface area contributed by atoms with E-state index in [2.05, 4.69) is 5.32 Å². The summed E-state index contributed by atoms with van der Waals surface area (Å²) in [5.74, 6) is -2.44. The zero-order chi connectivity index (χ0) is 19.0. The van der Waals surface area contributed by atoms with E-state index in [9.17, 15) is 14.4 Å². The first-order valence-electron chi connectivity index (χ1n) is 7.41. The summed E-state index contributed by atoms with van der Waals surface area (Å²) in [4.78, 5) is 31.1. The van der Waals surface area contributed by atoms with E-state index in [1.54, 1.807) is 0 Å². The van der Waals surface area contributed by atoms with E-state index in [0.29, 0.717) is 17.2 Å². The molecule has 1 aliphatic carbocycles. The second-order valence-electron chi connectivity index (χ2n) is 5.41. The van der Waals surface area contributed by atoms with Gasteiger partial charge < -0.3 is 20.3 Å². The maximum absolute atomic E-state index is 12.0. The fourth-order valence-electron chi connectivity index (χ4n) is 2.66. The van der Waals surface area contributed by atoms with Gasteiger partial charge in [0.2, 0.25) is 0 Å². The number of hydrogen-bond donors (Lipinski definition) is 3. The molecule has 0 radical (unpaired) electrons. The highest BCUT2D eigenvalue weighted by atomic mass is 35.5. The molecule has 0 spiro atoms. The molecule has 136 valence electrons. The Morgan fingerprint density at radius 1 is 1.28 bits per heavy atom. The average molecular weight is 370 g/mol. The van der Waals surface area contributed by atoms with Crippen molar-refractivity contribution in [2.75, 3.05) is 20.7 Å². The maximum Gasteiger partial charge on any atom is 0.328 e. The molecule has 7 nitrogen and oxygen atoms in total. The van der Waals surface area contributed by atoms with Crippen molar-refractivity contribution in [1.29, 1.82) is 0 Å². The van der Waals surface area contributed by atoms with E-state index in [-0.39, 0.29) is 11.9 Å². The molecular formula is C17H20ClNO6. The quantitative estimate of drug-likeness (QED) is 0.516. The summed E-state index contributed by atoms with van der Waals surface area (Å²) in [6.45, 7) is 0.792. The molecule has 1 aliphatic rings. The van der Waals surface area contributed by atoms with Crippen LogP contribution in [0.5, 0.6) is 0 Å². The summed E-state index contributed by atoms with van der Waals surface area (Å²) in [5.41, 5.74) is 0.338. The number of carboxylic acid groups (broad SMARTS) is 2. The molecule has 0 aliphatic heterocycles. The molecule has 2 unspecified atom stereocenters. The number of esters is 1. The minimum absolute atomic E-state index is 0.189. The summed E-state index contributed by atoms with van der Waals surface area (Å²) in [6.07, 6.45) is 1.91. The molecule has 1 saturated carbocycles. The SMILES string of the molecule is CNCC1CC1(C(=O)OC)c1ccccc1Cl.O=C(O)C=CC(=O)O. The predicted molar refractivity (Wildman–Crippen MR) is 91.6 cm³/mol. The molecule has 0 aromatic heterocycles. The number of carboxylic acids is 2. The summed E-state index contributed by atoms with van der Waals surface area (Å²) in [7, 11) is 3.31. The van der Waals surface area contributed by atoms with Gasteiger partial charge >= 0.3 is 17.9 Å². The van der Waals surface area contributed by atoms with Gasteiger partial charge in [-0.1, -0.05) is 29.8 Å². The van der Waals surface area contributed by atoms with Gasteiger partial charge in [-0.15, -0.1) is 0 Å². The van der Waals surface area contributed by atoms with Crippen molar-refractivity contribution < 1.29 is 29.3 Å². The Morgan fingerprint density at radius 3 is 2.28 bits per heavy atom. The van der Waals surface area contributed by atoms with E-state index in [1.165, 1.54) is 7.11 Å². The minimum atomic E-state index is -1.26. The second kappa shape index (κ2) is 9.19. The van der Waals surface area contributed by atoms with Crippen LogP contribution in [0.1, 0.15) is 12.0 Å². The molecule has 1 aromatic carbocycles. The van der Waals surface area contributed by atoms with Crippen LogP contribution in [0, 0.1) is 5.92 Å². The lowest BCUT2D eigenvalue weighted by atomic mass is 9.93. The number of methoxy groups -OCH3 is 1. The molecule has 25 heavy (non-hydrogen) atoms. The van der Waals surface area contributed by atoms with Crippen LogP contribution < -0.4 is 5.32 Å². The average Bonchev–Trinajstić information content (AvgIpc) is 3.28. The van der Waals surface area contributed by atoms with Gasteiger partial charge in [-0.2, -0.15) is 0 Å². The zero-order valence-corrected chi connectivity index (χ0v) is 14.6. The fourth-order valence-corrected chi connectivity index (χ4v) is 2.96. The van der Waals surface area contributed by atoms with Crippen LogP contribution in [-0.4, -0.2) is 48.8 Å². The molecule has 1 fully saturated rings. The molecule has 0 amide bonds. The van der Waals surface area contributed by atoms with Crippen molar-refractivity contribution in [1.82, 2.24) is 5.32 Å². The number of benzene rings is 1. The van der Waals surface area contributed by atoms with Crippen molar-refractivity contribution in [3.63, 3.8) is 0 Å². The Bertz CT molecular complexity index is 659. The van der Waals surface area contributed by atoms with Gasteiger partial charge in [0.15, 0.2) is 0 Å². The van der Waals surface area contributed by atoms with E-state index in [1.807, 2.05) is 31.3 Å². The number of halogens is 1. The monoisotopic (exact) mass is 369 g/mol. The first-order valence-corrected chi connectivity index (χ1v) is 7.79. The predicted octanol–water partition coefficient (Wildman–Crippen LogP) is 1.70. The van der Waals surface area contributed by atoms with E-state index >= 15 is 0 Å². The number of ether oxygens (including phenoxy) is 1. The highest BCUT2D eigenvalue weighted by molar-refractivity contribution is 6.31. The standard InChI is InChI=1S/C13H16ClNO2.C4H4O4/c1-15-8-9-7-13(9,12(16)17-2)10-5-3-4-6-11(10)14;5-3(6)1-2-4(7)8/h3-6,9,15H,7-8H2,1-2H3;1-2H,(H,5,6)(H,7,8). The molecule has 0 heterocycles. The Kier molecular flexibility index (Phi) is 7.60. The highest BCUT2D eigenvalue weighted by Gasteiger charge is 2.62. The highest BCUT2D eigenvalue weighted by Crippen LogP contribution is 2.56. The van der Waals surface area contributed by atoms with Crippen molar-refractivity contribution in [2.45, 2.75) is 11.8 Å². The van der Waals surface area contributed by atoms with Crippen LogP contribution in [0.4, 0.5) is 0 Å². The number of rotatable bonds is 6. The molecule has 2 rings (SSSR count). The number of carbonyl (C=O) groups excluding carboxylic acids is 1. The first kappa shape index (κ1) is 20.7. The van der Waals surface area contributed by atoms with Crippen LogP contribution in [0.2, 0.25) is 5.02 Å². The number of carbonyl (C=O) groups is 3. The van der Waals surface area contributed by atoms with Crippen LogP contribution in [-0.2, 0) is 24.5 Å². The Hall–Kier alpha value is -2.38. The number of hydrogen-bond acceptors (Lipinski definition) is 5. The van der Waals surface area contributed by atoms with Crippen molar-refractivity contribution in [2.24, 2.45) is 5.92 Å². The molecule has 1 aromatic rings. The topological polar surface area (TPSA) is 113 Å². The summed E-state index contributed by atoms with van der Waals surface area (Å²) in [5, 5.41) is 19.4. The maximum atomic E-state index is 12.0. The van der Waals surface area contributed by atoms with Gasteiger partial charge in [-0.25, -0.2) is 9.59 Å². The summed E-state index contributed by atoms with van der Waals surface area (Å²) < 4.78 is 4.94. The van der Waals surface area contributed by atoms with Gasteiger partial charge in [0.05, 0.1) is 12.5 Å². The van der Waals surface area contributed by atoms with E-state index in [0.717, 1.165) is 18.5 Å². The number of nitrogens with one attached hydrogen (secondary N) is 1. The van der Waals surface area contributed by atoms with Gasteiger partial charge in [0.1, 0.15) is 0 Å². The van der Waals surface area contributed by atoms with E-state index in [4.69, 9.17) is 26.6 Å².